The maximum absolute atomic E-state index is 12.0. The summed E-state index contributed by atoms with van der Waals surface area (Å²) in [6, 6.07) is 4.65. The van der Waals surface area contributed by atoms with Gasteiger partial charge >= 0.3 is 0 Å². The average molecular weight is 396 g/mol. The molecule has 1 aliphatic rings. The summed E-state index contributed by atoms with van der Waals surface area (Å²) in [5.41, 5.74) is 0.418. The fourth-order valence-electron chi connectivity index (χ4n) is 2.32. The second-order valence-electron chi connectivity index (χ2n) is 5.17. The van der Waals surface area contributed by atoms with Crippen molar-refractivity contribution in [2.24, 2.45) is 0 Å². The number of piperidine rings is 1. The zero-order valence-corrected chi connectivity index (χ0v) is 14.8. The summed E-state index contributed by atoms with van der Waals surface area (Å²) in [7, 11) is 0. The number of ether oxygens (including phenoxy) is 2. The second-order valence-corrected chi connectivity index (χ2v) is 6.03. The number of hydrogen-bond donors (Lipinski definition) is 2. The van der Waals surface area contributed by atoms with E-state index >= 15 is 0 Å². The maximum Gasteiger partial charge on any atom is 0.258 e. The molecule has 128 valence electrons. The van der Waals surface area contributed by atoms with E-state index in [-0.39, 0.29) is 12.5 Å². The number of halogens is 1. The van der Waals surface area contributed by atoms with Crippen LogP contribution in [-0.4, -0.2) is 37.6 Å². The normalized spacial score (nSPS) is 16.7. The lowest BCUT2D eigenvalue weighted by Gasteiger charge is -2.23. The molecule has 1 fully saturated rings. The van der Waals surface area contributed by atoms with E-state index in [0.29, 0.717) is 41.1 Å². The highest BCUT2D eigenvalue weighted by Crippen LogP contribution is 2.36. The molecule has 1 aromatic carbocycles. The molecular formula is C16H18BrN3O4. The Bertz CT molecular complexity index is 672. The van der Waals surface area contributed by atoms with Crippen molar-refractivity contribution in [3.63, 3.8) is 0 Å². The first-order valence-electron chi connectivity index (χ1n) is 7.61. The van der Waals surface area contributed by atoms with Crippen molar-refractivity contribution in [3.05, 3.63) is 22.2 Å². The van der Waals surface area contributed by atoms with Gasteiger partial charge in [-0.05, 0) is 41.8 Å². The van der Waals surface area contributed by atoms with Crippen LogP contribution in [0.2, 0.25) is 0 Å². The quantitative estimate of drug-likeness (QED) is 0.759. The highest BCUT2D eigenvalue weighted by molar-refractivity contribution is 9.10. The molecule has 1 unspecified atom stereocenters. The molecule has 2 N–H and O–H groups in total. The maximum atomic E-state index is 12.0. The minimum absolute atomic E-state index is 0.177. The molecule has 2 amide bonds. The summed E-state index contributed by atoms with van der Waals surface area (Å²) >= 11 is 3.32. The molecule has 8 heteroatoms. The van der Waals surface area contributed by atoms with Crippen molar-refractivity contribution in [2.45, 2.75) is 25.8 Å². The Balaban J connectivity index is 2.01. The SMILES string of the molecule is CCOc1cc(C#N)cc(Br)c1OCC(=O)NC1CCCNC1=O. The van der Waals surface area contributed by atoms with Crippen LogP contribution < -0.4 is 20.1 Å². The summed E-state index contributed by atoms with van der Waals surface area (Å²) in [6.45, 7) is 2.59. The Morgan fingerprint density at radius 3 is 2.96 bits per heavy atom. The summed E-state index contributed by atoms with van der Waals surface area (Å²) in [4.78, 5) is 23.7. The van der Waals surface area contributed by atoms with Crippen LogP contribution in [-0.2, 0) is 9.59 Å². The zero-order valence-electron chi connectivity index (χ0n) is 13.2. The van der Waals surface area contributed by atoms with Gasteiger partial charge < -0.3 is 20.1 Å². The van der Waals surface area contributed by atoms with Crippen molar-refractivity contribution in [3.8, 4) is 17.6 Å². The van der Waals surface area contributed by atoms with Gasteiger partial charge in [-0.15, -0.1) is 0 Å². The fourth-order valence-corrected chi connectivity index (χ4v) is 2.88. The molecule has 0 bridgehead atoms. The van der Waals surface area contributed by atoms with Gasteiger partial charge in [-0.2, -0.15) is 5.26 Å². The lowest BCUT2D eigenvalue weighted by molar-refractivity contribution is -0.131. The van der Waals surface area contributed by atoms with Gasteiger partial charge in [0.05, 0.1) is 22.7 Å². The Morgan fingerprint density at radius 2 is 2.29 bits per heavy atom. The van der Waals surface area contributed by atoms with E-state index in [1.165, 1.54) is 0 Å². The van der Waals surface area contributed by atoms with Gasteiger partial charge in [0.25, 0.3) is 5.91 Å². The number of carbonyl (C=O) groups is 2. The number of hydrogen-bond acceptors (Lipinski definition) is 5. The molecule has 0 radical (unpaired) electrons. The zero-order chi connectivity index (χ0) is 17.5. The predicted molar refractivity (Wildman–Crippen MR) is 89.7 cm³/mol. The minimum atomic E-state index is -0.523. The predicted octanol–water partition coefficient (Wildman–Crippen LogP) is 1.49. The lowest BCUT2D eigenvalue weighted by Crippen LogP contribution is -2.51. The third-order valence-electron chi connectivity index (χ3n) is 3.41. The monoisotopic (exact) mass is 395 g/mol. The third kappa shape index (κ3) is 4.61. The minimum Gasteiger partial charge on any atom is -0.490 e. The molecule has 1 saturated heterocycles. The molecule has 1 heterocycles. The smallest absolute Gasteiger partial charge is 0.258 e. The lowest BCUT2D eigenvalue weighted by atomic mass is 10.1. The molecule has 24 heavy (non-hydrogen) atoms. The first kappa shape index (κ1) is 18.1. The Kier molecular flexibility index (Phi) is 6.44. The first-order valence-corrected chi connectivity index (χ1v) is 8.40. The fraction of sp³-hybridized carbons (Fsp3) is 0.438. The highest BCUT2D eigenvalue weighted by atomic mass is 79.9. The summed E-state index contributed by atoms with van der Waals surface area (Å²) in [5, 5.41) is 14.4. The number of amides is 2. The van der Waals surface area contributed by atoms with Gasteiger partial charge in [0.15, 0.2) is 18.1 Å². The van der Waals surface area contributed by atoms with E-state index in [9.17, 15) is 9.59 Å². The van der Waals surface area contributed by atoms with Crippen molar-refractivity contribution >= 4 is 27.7 Å². The van der Waals surface area contributed by atoms with E-state index in [1.807, 2.05) is 13.0 Å². The topological polar surface area (TPSA) is 100 Å². The molecule has 0 aliphatic carbocycles. The molecule has 0 saturated carbocycles. The van der Waals surface area contributed by atoms with E-state index in [1.54, 1.807) is 12.1 Å². The molecule has 2 rings (SSSR count). The Hall–Kier alpha value is -2.27. The molecule has 0 spiro atoms. The van der Waals surface area contributed by atoms with Crippen LogP contribution in [0.5, 0.6) is 11.5 Å². The molecule has 7 nitrogen and oxygen atoms in total. The van der Waals surface area contributed by atoms with Gasteiger partial charge in [-0.3, -0.25) is 9.59 Å². The van der Waals surface area contributed by atoms with Crippen LogP contribution in [0.25, 0.3) is 0 Å². The molecular weight excluding hydrogens is 378 g/mol. The Morgan fingerprint density at radius 1 is 1.50 bits per heavy atom. The van der Waals surface area contributed by atoms with Crippen molar-refractivity contribution in [1.82, 2.24) is 10.6 Å². The first-order chi connectivity index (χ1) is 11.5. The summed E-state index contributed by atoms with van der Waals surface area (Å²) < 4.78 is 11.5. The third-order valence-corrected chi connectivity index (χ3v) is 4.00. The van der Waals surface area contributed by atoms with Crippen molar-refractivity contribution in [2.75, 3.05) is 19.8 Å². The van der Waals surface area contributed by atoms with E-state index in [4.69, 9.17) is 14.7 Å². The van der Waals surface area contributed by atoms with Crippen molar-refractivity contribution in [1.29, 1.82) is 5.26 Å². The number of nitriles is 1. The number of carbonyl (C=O) groups excluding carboxylic acids is 2. The van der Waals surface area contributed by atoms with Crippen LogP contribution in [0.4, 0.5) is 0 Å². The van der Waals surface area contributed by atoms with Gasteiger partial charge in [-0.1, -0.05) is 0 Å². The van der Waals surface area contributed by atoms with E-state index in [0.717, 1.165) is 6.42 Å². The van der Waals surface area contributed by atoms with Crippen LogP contribution in [0.1, 0.15) is 25.3 Å². The summed E-state index contributed by atoms with van der Waals surface area (Å²) in [6.07, 6.45) is 1.44. The van der Waals surface area contributed by atoms with Crippen LogP contribution in [0.15, 0.2) is 16.6 Å². The van der Waals surface area contributed by atoms with Crippen molar-refractivity contribution < 1.29 is 19.1 Å². The van der Waals surface area contributed by atoms with Crippen LogP contribution in [0.3, 0.4) is 0 Å². The standard InChI is InChI=1S/C16H18BrN3O4/c1-2-23-13-7-10(8-18)6-11(17)15(13)24-9-14(21)20-12-4-3-5-19-16(12)22/h6-7,12H,2-5,9H2,1H3,(H,19,22)(H,20,21). The largest absolute Gasteiger partial charge is 0.490 e. The highest BCUT2D eigenvalue weighted by Gasteiger charge is 2.24. The number of nitrogens with zero attached hydrogens (tertiary/aromatic N) is 1. The van der Waals surface area contributed by atoms with Crippen LogP contribution >= 0.6 is 15.9 Å². The molecule has 0 aromatic heterocycles. The Labute approximate surface area is 148 Å². The second kappa shape index (κ2) is 8.55. The molecule has 1 atom stereocenters. The molecule has 1 aromatic rings. The van der Waals surface area contributed by atoms with Gasteiger partial charge in [0, 0.05) is 12.6 Å². The van der Waals surface area contributed by atoms with Gasteiger partial charge in [0.1, 0.15) is 6.04 Å². The van der Waals surface area contributed by atoms with E-state index in [2.05, 4.69) is 26.6 Å². The number of rotatable bonds is 6. The molecule has 1 aliphatic heterocycles. The number of nitrogens with one attached hydrogen (secondary N) is 2. The average Bonchev–Trinajstić information content (AvgIpc) is 2.56. The van der Waals surface area contributed by atoms with Crippen LogP contribution in [0, 0.1) is 11.3 Å². The van der Waals surface area contributed by atoms with Gasteiger partial charge in [-0.25, -0.2) is 0 Å². The number of benzene rings is 1. The van der Waals surface area contributed by atoms with E-state index < -0.39 is 11.9 Å². The summed E-state index contributed by atoms with van der Waals surface area (Å²) in [5.74, 6) is 0.158. The van der Waals surface area contributed by atoms with Gasteiger partial charge in [0.2, 0.25) is 5.91 Å².